The van der Waals surface area contributed by atoms with Crippen LogP contribution in [0.25, 0.3) is 0 Å². The number of anilines is 2. The molecular weight excluding hydrogens is 220 g/mol. The Bertz CT molecular complexity index is 567. The number of hydrogen-bond acceptors (Lipinski definition) is 2. The summed E-state index contributed by atoms with van der Waals surface area (Å²) >= 11 is 0. The first kappa shape index (κ1) is 12.2. The molecule has 0 saturated carbocycles. The Balaban J connectivity index is 2.52. The third-order valence-corrected chi connectivity index (χ3v) is 2.95. The van der Waals surface area contributed by atoms with Crippen molar-refractivity contribution in [3.63, 3.8) is 0 Å². The second-order valence-corrected chi connectivity index (χ2v) is 4.21. The highest BCUT2D eigenvalue weighted by Gasteiger charge is 2.11. The fourth-order valence-electron chi connectivity index (χ4n) is 2.06. The van der Waals surface area contributed by atoms with Gasteiger partial charge in [-0.2, -0.15) is 5.26 Å². The van der Waals surface area contributed by atoms with E-state index in [4.69, 9.17) is 0 Å². The lowest BCUT2D eigenvalue weighted by Crippen LogP contribution is -2.17. The van der Waals surface area contributed by atoms with Crippen LogP contribution >= 0.6 is 0 Å². The number of hydrogen-bond donors (Lipinski definition) is 0. The Morgan fingerprint density at radius 2 is 1.83 bits per heavy atom. The summed E-state index contributed by atoms with van der Waals surface area (Å²) in [6.45, 7) is 4.97. The summed E-state index contributed by atoms with van der Waals surface area (Å²) in [5.41, 5.74) is 3.97. The van der Waals surface area contributed by atoms with Crippen molar-refractivity contribution in [2.75, 3.05) is 11.4 Å². The van der Waals surface area contributed by atoms with Gasteiger partial charge in [-0.05, 0) is 43.7 Å². The molecule has 0 saturated heterocycles. The lowest BCUT2D eigenvalue weighted by atomic mass is 10.1. The van der Waals surface area contributed by atoms with E-state index in [-0.39, 0.29) is 0 Å². The van der Waals surface area contributed by atoms with Gasteiger partial charge in [-0.1, -0.05) is 24.3 Å². The average Bonchev–Trinajstić information content (AvgIpc) is 2.41. The monoisotopic (exact) mass is 236 g/mol. The van der Waals surface area contributed by atoms with Gasteiger partial charge < -0.3 is 4.90 Å². The van der Waals surface area contributed by atoms with Crippen molar-refractivity contribution >= 4 is 11.4 Å². The molecule has 18 heavy (non-hydrogen) atoms. The molecule has 2 nitrogen and oxygen atoms in total. The first-order chi connectivity index (χ1) is 8.76. The van der Waals surface area contributed by atoms with Crippen LogP contribution in [0.2, 0.25) is 0 Å². The van der Waals surface area contributed by atoms with Gasteiger partial charge in [0.1, 0.15) is 6.07 Å². The second-order valence-electron chi connectivity index (χ2n) is 4.21. The Morgan fingerprint density at radius 1 is 1.11 bits per heavy atom. The number of benzene rings is 2. The summed E-state index contributed by atoms with van der Waals surface area (Å²) in [4.78, 5) is 2.16. The van der Waals surface area contributed by atoms with Gasteiger partial charge in [-0.25, -0.2) is 0 Å². The molecule has 2 heteroatoms. The Labute approximate surface area is 108 Å². The van der Waals surface area contributed by atoms with E-state index in [1.807, 2.05) is 37.3 Å². The molecule has 0 bridgehead atoms. The zero-order chi connectivity index (χ0) is 13.0. The molecule has 0 N–H and O–H groups in total. The van der Waals surface area contributed by atoms with Gasteiger partial charge in [-0.3, -0.25) is 0 Å². The maximum absolute atomic E-state index is 9.22. The Kier molecular flexibility index (Phi) is 3.64. The van der Waals surface area contributed by atoms with Gasteiger partial charge in [0, 0.05) is 12.2 Å². The van der Waals surface area contributed by atoms with E-state index in [0.717, 1.165) is 17.9 Å². The van der Waals surface area contributed by atoms with E-state index in [1.54, 1.807) is 0 Å². The second kappa shape index (κ2) is 5.37. The molecule has 2 aromatic rings. The largest absolute Gasteiger partial charge is 0.341 e. The number of nitrogens with zero attached hydrogens (tertiary/aromatic N) is 2. The lowest BCUT2D eigenvalue weighted by Gasteiger charge is -2.24. The van der Waals surface area contributed by atoms with Crippen LogP contribution in [0.1, 0.15) is 18.1 Å². The van der Waals surface area contributed by atoms with E-state index in [9.17, 15) is 5.26 Å². The summed E-state index contributed by atoms with van der Waals surface area (Å²) in [7, 11) is 0. The maximum Gasteiger partial charge on any atom is 0.101 e. The molecule has 0 aliphatic rings. The van der Waals surface area contributed by atoms with Crippen molar-refractivity contribution in [1.29, 1.82) is 5.26 Å². The van der Waals surface area contributed by atoms with Gasteiger partial charge in [-0.15, -0.1) is 0 Å². The molecule has 0 unspecified atom stereocenters. The summed E-state index contributed by atoms with van der Waals surface area (Å²) in [5, 5.41) is 9.22. The molecule has 0 aromatic heterocycles. The van der Waals surface area contributed by atoms with E-state index in [2.05, 4.69) is 36.1 Å². The topological polar surface area (TPSA) is 27.0 Å². The van der Waals surface area contributed by atoms with Crippen LogP contribution < -0.4 is 4.90 Å². The Hall–Kier alpha value is -2.27. The van der Waals surface area contributed by atoms with Crippen molar-refractivity contribution in [1.82, 2.24) is 0 Å². The minimum atomic E-state index is 0.714. The van der Waals surface area contributed by atoms with Crippen molar-refractivity contribution in [2.24, 2.45) is 0 Å². The molecule has 2 aromatic carbocycles. The number of rotatable bonds is 3. The van der Waals surface area contributed by atoms with Crippen molar-refractivity contribution in [3.8, 4) is 6.07 Å². The number of nitriles is 1. The summed E-state index contributed by atoms with van der Waals surface area (Å²) in [6.07, 6.45) is 0. The van der Waals surface area contributed by atoms with E-state index in [1.165, 1.54) is 5.56 Å². The van der Waals surface area contributed by atoms with Crippen LogP contribution in [0.5, 0.6) is 0 Å². The third-order valence-electron chi connectivity index (χ3n) is 2.95. The van der Waals surface area contributed by atoms with Crippen molar-refractivity contribution in [3.05, 3.63) is 59.7 Å². The highest BCUT2D eigenvalue weighted by molar-refractivity contribution is 5.69. The highest BCUT2D eigenvalue weighted by Crippen LogP contribution is 2.28. The van der Waals surface area contributed by atoms with E-state index >= 15 is 0 Å². The normalized spacial score (nSPS) is 9.83. The van der Waals surface area contributed by atoms with Crippen molar-refractivity contribution < 1.29 is 0 Å². The van der Waals surface area contributed by atoms with Crippen LogP contribution in [0.3, 0.4) is 0 Å². The number of aryl methyl sites for hydroxylation is 1. The van der Waals surface area contributed by atoms with Gasteiger partial charge in [0.2, 0.25) is 0 Å². The molecule has 0 spiro atoms. The zero-order valence-electron chi connectivity index (χ0n) is 10.7. The van der Waals surface area contributed by atoms with E-state index < -0.39 is 0 Å². The first-order valence-corrected chi connectivity index (χ1v) is 6.09. The summed E-state index contributed by atoms with van der Waals surface area (Å²) < 4.78 is 0. The lowest BCUT2D eigenvalue weighted by molar-refractivity contribution is 1.02. The van der Waals surface area contributed by atoms with Crippen LogP contribution in [0.4, 0.5) is 11.4 Å². The molecule has 0 atom stereocenters. The number of para-hydroxylation sites is 1. The molecule has 90 valence electrons. The molecule has 0 aliphatic heterocycles. The predicted molar refractivity (Wildman–Crippen MR) is 75.0 cm³/mol. The molecule has 0 fully saturated rings. The van der Waals surface area contributed by atoms with Gasteiger partial charge >= 0.3 is 0 Å². The SMILES string of the molecule is CCN(c1ccccc1)c1cc(C)ccc1C#N. The molecule has 2 rings (SSSR count). The van der Waals surface area contributed by atoms with Gasteiger partial charge in [0.05, 0.1) is 11.3 Å². The van der Waals surface area contributed by atoms with Crippen molar-refractivity contribution in [2.45, 2.75) is 13.8 Å². The van der Waals surface area contributed by atoms with E-state index in [0.29, 0.717) is 5.56 Å². The zero-order valence-corrected chi connectivity index (χ0v) is 10.7. The standard InChI is InChI=1S/C16H16N2/c1-3-18(15-7-5-4-6-8-15)16-11-13(2)9-10-14(16)12-17/h4-11H,3H2,1-2H3. The fraction of sp³-hybridized carbons (Fsp3) is 0.188. The molecule has 0 radical (unpaired) electrons. The summed E-state index contributed by atoms with van der Waals surface area (Å²) in [6, 6.07) is 18.3. The first-order valence-electron chi connectivity index (χ1n) is 6.09. The summed E-state index contributed by atoms with van der Waals surface area (Å²) in [5.74, 6) is 0. The van der Waals surface area contributed by atoms with Gasteiger partial charge in [0.15, 0.2) is 0 Å². The predicted octanol–water partition coefficient (Wildman–Crippen LogP) is 4.02. The minimum absolute atomic E-state index is 0.714. The molecule has 0 heterocycles. The highest BCUT2D eigenvalue weighted by atomic mass is 15.1. The quantitative estimate of drug-likeness (QED) is 0.804. The third kappa shape index (κ3) is 2.36. The molecule has 0 aliphatic carbocycles. The maximum atomic E-state index is 9.22. The van der Waals surface area contributed by atoms with Gasteiger partial charge in [0.25, 0.3) is 0 Å². The minimum Gasteiger partial charge on any atom is -0.341 e. The molecular formula is C16H16N2. The van der Waals surface area contributed by atoms with Crippen LogP contribution in [0.15, 0.2) is 48.5 Å². The fourth-order valence-corrected chi connectivity index (χ4v) is 2.06. The van der Waals surface area contributed by atoms with Crippen LogP contribution in [0, 0.1) is 18.3 Å². The smallest absolute Gasteiger partial charge is 0.101 e. The van der Waals surface area contributed by atoms with Crippen LogP contribution in [-0.4, -0.2) is 6.54 Å². The molecule has 0 amide bonds. The Morgan fingerprint density at radius 3 is 2.44 bits per heavy atom. The average molecular weight is 236 g/mol. The van der Waals surface area contributed by atoms with Crippen LogP contribution in [-0.2, 0) is 0 Å².